The van der Waals surface area contributed by atoms with E-state index in [1.807, 2.05) is 31.4 Å². The summed E-state index contributed by atoms with van der Waals surface area (Å²) in [5.41, 5.74) is 2.48. The molecule has 146 valence electrons. The molecule has 3 aromatic rings. The Morgan fingerprint density at radius 2 is 2.21 bits per heavy atom. The normalized spacial score (nSPS) is 15.8. The molecule has 7 nitrogen and oxygen atoms in total. The van der Waals surface area contributed by atoms with Crippen LogP contribution in [-0.2, 0) is 7.05 Å². The molecular weight excluding hydrogens is 374 g/mol. The minimum absolute atomic E-state index is 0.0831. The molecule has 2 aromatic heterocycles. The van der Waals surface area contributed by atoms with Gasteiger partial charge in [0.1, 0.15) is 22.6 Å². The first kappa shape index (κ1) is 18.5. The van der Waals surface area contributed by atoms with Crippen molar-refractivity contribution in [3.05, 3.63) is 47.7 Å². The zero-order chi connectivity index (χ0) is 19.7. The molecule has 0 unspecified atom stereocenters. The summed E-state index contributed by atoms with van der Waals surface area (Å²) >= 11 is 1.45. The fraction of sp³-hybridized carbons (Fsp3) is 0.350. The third-order valence-corrected chi connectivity index (χ3v) is 5.70. The Morgan fingerprint density at radius 3 is 2.96 bits per heavy atom. The molecule has 8 heteroatoms. The Labute approximate surface area is 168 Å². The minimum Gasteiger partial charge on any atom is -0.485 e. The third-order valence-electron chi connectivity index (χ3n) is 4.80. The van der Waals surface area contributed by atoms with Crippen LogP contribution < -0.4 is 9.64 Å². The van der Waals surface area contributed by atoms with Crippen molar-refractivity contribution in [1.82, 2.24) is 19.7 Å². The van der Waals surface area contributed by atoms with Gasteiger partial charge in [0.2, 0.25) is 0 Å². The first-order chi connectivity index (χ1) is 13.5. The number of nitrogens with zero attached hydrogens (tertiary/aromatic N) is 5. The molecule has 1 amide bonds. The topological polar surface area (TPSA) is 63.5 Å². The summed E-state index contributed by atoms with van der Waals surface area (Å²) in [7, 11) is 3.66. The van der Waals surface area contributed by atoms with Gasteiger partial charge in [0, 0.05) is 37.8 Å². The van der Waals surface area contributed by atoms with Gasteiger partial charge in [-0.3, -0.25) is 9.48 Å². The second-order valence-corrected chi connectivity index (χ2v) is 7.73. The van der Waals surface area contributed by atoms with E-state index in [2.05, 4.69) is 28.0 Å². The summed E-state index contributed by atoms with van der Waals surface area (Å²) in [4.78, 5) is 21.3. The first-order valence-electron chi connectivity index (χ1n) is 9.25. The quantitative estimate of drug-likeness (QED) is 0.662. The molecule has 0 N–H and O–H groups in total. The zero-order valence-electron chi connectivity index (χ0n) is 16.2. The number of thiazole rings is 1. The van der Waals surface area contributed by atoms with Crippen molar-refractivity contribution in [2.24, 2.45) is 7.05 Å². The summed E-state index contributed by atoms with van der Waals surface area (Å²) in [6.45, 7) is 4.28. The molecule has 1 atom stereocenters. The molecule has 0 saturated heterocycles. The predicted molar refractivity (Wildman–Crippen MR) is 110 cm³/mol. The lowest BCUT2D eigenvalue weighted by atomic mass is 10.2. The summed E-state index contributed by atoms with van der Waals surface area (Å²) < 4.78 is 7.86. The van der Waals surface area contributed by atoms with Gasteiger partial charge in [0.05, 0.1) is 25.0 Å². The molecule has 1 aliphatic heterocycles. The van der Waals surface area contributed by atoms with Gasteiger partial charge >= 0.3 is 0 Å². The summed E-state index contributed by atoms with van der Waals surface area (Å²) in [6.07, 6.45) is 3.56. The number of ether oxygens (including phenoxy) is 1. The van der Waals surface area contributed by atoms with E-state index in [-0.39, 0.29) is 12.0 Å². The third kappa shape index (κ3) is 3.60. The molecule has 1 aliphatic rings. The van der Waals surface area contributed by atoms with Crippen LogP contribution in [0.3, 0.4) is 0 Å². The summed E-state index contributed by atoms with van der Waals surface area (Å²) in [5.74, 6) is 0.769. The second-order valence-electron chi connectivity index (χ2n) is 6.87. The maximum Gasteiger partial charge on any atom is 0.273 e. The maximum atomic E-state index is 12.8. The molecule has 0 bridgehead atoms. The molecule has 3 heterocycles. The largest absolute Gasteiger partial charge is 0.485 e. The number of aryl methyl sites for hydroxylation is 1. The van der Waals surface area contributed by atoms with E-state index in [9.17, 15) is 4.79 Å². The van der Waals surface area contributed by atoms with Crippen molar-refractivity contribution in [3.63, 3.8) is 0 Å². The van der Waals surface area contributed by atoms with Crippen molar-refractivity contribution in [3.8, 4) is 16.3 Å². The van der Waals surface area contributed by atoms with E-state index in [0.717, 1.165) is 35.1 Å². The average molecular weight is 398 g/mol. The van der Waals surface area contributed by atoms with Crippen LogP contribution >= 0.6 is 11.3 Å². The second kappa shape index (κ2) is 7.63. The van der Waals surface area contributed by atoms with E-state index < -0.39 is 0 Å². The first-order valence-corrected chi connectivity index (χ1v) is 10.1. The molecule has 1 aromatic carbocycles. The number of hydrogen-bond donors (Lipinski definition) is 0. The number of hydrogen-bond acceptors (Lipinski definition) is 6. The van der Waals surface area contributed by atoms with Gasteiger partial charge in [-0.15, -0.1) is 11.3 Å². The molecular formula is C20H23N5O2S. The van der Waals surface area contributed by atoms with Crippen LogP contribution in [0.25, 0.3) is 10.6 Å². The van der Waals surface area contributed by atoms with Gasteiger partial charge in [-0.05, 0) is 19.1 Å². The average Bonchev–Trinajstić information content (AvgIpc) is 3.35. The molecule has 28 heavy (non-hydrogen) atoms. The highest BCUT2D eigenvalue weighted by Crippen LogP contribution is 2.33. The number of rotatable bonds is 5. The van der Waals surface area contributed by atoms with Crippen molar-refractivity contribution in [1.29, 1.82) is 0 Å². The molecule has 0 spiro atoms. The van der Waals surface area contributed by atoms with Crippen LogP contribution in [0, 0.1) is 0 Å². The lowest BCUT2D eigenvalue weighted by Gasteiger charge is -2.37. The van der Waals surface area contributed by atoms with Crippen LogP contribution in [0.15, 0.2) is 42.0 Å². The Kier molecular flexibility index (Phi) is 5.04. The molecule has 0 radical (unpaired) electrons. The van der Waals surface area contributed by atoms with Gasteiger partial charge in [0.25, 0.3) is 5.91 Å². The van der Waals surface area contributed by atoms with Gasteiger partial charge < -0.3 is 14.5 Å². The van der Waals surface area contributed by atoms with Crippen molar-refractivity contribution in [2.75, 3.05) is 31.6 Å². The summed E-state index contributed by atoms with van der Waals surface area (Å²) in [6, 6.07) is 8.04. The van der Waals surface area contributed by atoms with Crippen LogP contribution in [0.1, 0.15) is 17.4 Å². The van der Waals surface area contributed by atoms with Crippen molar-refractivity contribution >= 4 is 22.9 Å². The number of likely N-dealkylation sites (N-methyl/N-ethyl adjacent to an activating group) is 2. The van der Waals surface area contributed by atoms with Crippen LogP contribution in [0.4, 0.5) is 5.69 Å². The number of fused-ring (bicyclic) bond motifs is 1. The van der Waals surface area contributed by atoms with Crippen LogP contribution in [0.2, 0.25) is 0 Å². The Hall–Kier alpha value is -2.87. The summed E-state index contributed by atoms with van der Waals surface area (Å²) in [5, 5.41) is 6.76. The molecule has 0 aliphatic carbocycles. The number of carbonyl (C=O) groups is 1. The fourth-order valence-corrected chi connectivity index (χ4v) is 4.16. The van der Waals surface area contributed by atoms with Gasteiger partial charge in [-0.2, -0.15) is 5.10 Å². The highest BCUT2D eigenvalue weighted by atomic mass is 32.1. The monoisotopic (exact) mass is 397 g/mol. The van der Waals surface area contributed by atoms with Crippen LogP contribution in [-0.4, -0.2) is 58.4 Å². The van der Waals surface area contributed by atoms with E-state index in [1.165, 1.54) is 11.3 Å². The number of para-hydroxylation sites is 2. The van der Waals surface area contributed by atoms with Gasteiger partial charge in [-0.1, -0.05) is 12.1 Å². The lowest BCUT2D eigenvalue weighted by Crippen LogP contribution is -2.46. The van der Waals surface area contributed by atoms with Gasteiger partial charge in [0.15, 0.2) is 0 Å². The van der Waals surface area contributed by atoms with Crippen molar-refractivity contribution < 1.29 is 9.53 Å². The zero-order valence-corrected chi connectivity index (χ0v) is 17.0. The van der Waals surface area contributed by atoms with E-state index in [1.54, 1.807) is 28.2 Å². The number of benzene rings is 1. The fourth-order valence-electron chi connectivity index (χ4n) is 3.39. The number of aromatic nitrogens is 3. The Balaban J connectivity index is 1.44. The van der Waals surface area contributed by atoms with E-state index in [4.69, 9.17) is 4.74 Å². The van der Waals surface area contributed by atoms with E-state index >= 15 is 0 Å². The lowest BCUT2D eigenvalue weighted by molar-refractivity contribution is 0.0705. The molecule has 0 saturated carbocycles. The Bertz CT molecular complexity index is 982. The van der Waals surface area contributed by atoms with E-state index in [0.29, 0.717) is 12.2 Å². The molecule has 4 rings (SSSR count). The number of carbonyl (C=O) groups excluding carboxylic acids is 1. The van der Waals surface area contributed by atoms with Gasteiger partial charge in [-0.25, -0.2) is 4.98 Å². The standard InChI is InChI=1S/C20H23N5O2S/c1-4-25-12-15(27-18-8-6-5-7-17(18)25)11-23(2)20(26)16-13-28-19(22-16)14-9-21-24(3)10-14/h5-10,13,15H,4,11-12H2,1-3H3/t15-/m1/s1. The van der Waals surface area contributed by atoms with Crippen LogP contribution in [0.5, 0.6) is 5.75 Å². The number of amides is 1. The Morgan fingerprint density at radius 1 is 1.39 bits per heavy atom. The SMILES string of the molecule is CCN1C[C@@H](CN(C)C(=O)c2csc(-c3cnn(C)c3)n2)Oc2ccccc21. The predicted octanol–water partition coefficient (Wildman–Crippen LogP) is 2.90. The highest BCUT2D eigenvalue weighted by Gasteiger charge is 2.27. The van der Waals surface area contributed by atoms with Crippen molar-refractivity contribution in [2.45, 2.75) is 13.0 Å². The molecule has 0 fully saturated rings. The number of anilines is 1. The maximum absolute atomic E-state index is 12.8. The minimum atomic E-state index is -0.100. The smallest absolute Gasteiger partial charge is 0.273 e. The highest BCUT2D eigenvalue weighted by molar-refractivity contribution is 7.13.